The van der Waals surface area contributed by atoms with Gasteiger partial charge in [0.1, 0.15) is 28.9 Å². The third-order valence-corrected chi connectivity index (χ3v) is 44.6. The SMILES string of the molecule is [2H]C([2H])([2H])[C@@]1(O)CC[C@@]2(C)[C@@H](CC[C@@H]3[C@@H]2CC[C@@]2(C)[C@H]3CC([2H])([2H])[C@]2([2H])C(C)=O)C1.[2H]C([2H])([2H])[C@@]1(O)CC[C@@]2(C)[C@@H](CC[C@@H]3[C@@H]2CC[C@]2(C)[C@@H](C(C)=O)CC[C@@H]32)C1.[2H]C1([2H])C[C@H]2[C@@H]3CC[C@H]4C[C@@](O)(C([2H])([2H])[2H])CC[C@]4(C)[C@H]3CC[C@]2(C)[C@H]1C(C)=O.[2H]C1C[C@H]2[C@@H]3CC[C@H]4C[C@@](O)(C([2H])([2H])[2H])CC[C@]4(C)[C@H]3CC[C@]2(C)[C@H]1C(C)=O.[2H][C@]1(C(C)=O)CC[C@H]2[C@@H]3CC[C@H]4C[C@](C)(O)CC[C@]4(C)[C@H]3CC[C@@]21C. The topological polar surface area (TPSA) is 186 Å². The number of Topliss-reactive ketones (excluding diaryl/α,β-unsaturated/α-hetero) is 5. The van der Waals surface area contributed by atoms with Crippen molar-refractivity contribution in [3.05, 3.63) is 0 Å². The van der Waals surface area contributed by atoms with Crippen molar-refractivity contribution in [2.75, 3.05) is 0 Å². The van der Waals surface area contributed by atoms with Crippen molar-refractivity contribution in [1.82, 2.24) is 0 Å². The molecule has 0 radical (unpaired) electrons. The van der Waals surface area contributed by atoms with Crippen LogP contribution in [0.1, 0.15) is 453 Å². The molecule has 680 valence electrons. The molecule has 41 atom stereocenters. The average molecular weight is 1680 g/mol. The van der Waals surface area contributed by atoms with Gasteiger partial charge in [-0.25, -0.2) is 0 Å². The van der Waals surface area contributed by atoms with E-state index >= 15 is 0 Å². The number of rotatable bonds is 5. The maximum Gasteiger partial charge on any atom is 0.133 e. The molecule has 10 heteroatoms. The van der Waals surface area contributed by atoms with E-state index in [4.69, 9.17) is 26.0 Å². The van der Waals surface area contributed by atoms with Gasteiger partial charge in [0.15, 0.2) is 0 Å². The molecule has 0 amide bonds. The molecule has 5 N–H and O–H groups in total. The van der Waals surface area contributed by atoms with Crippen molar-refractivity contribution in [2.24, 2.45) is 202 Å². The lowest BCUT2D eigenvalue weighted by molar-refractivity contribution is -0.150. The Bertz CT molecular complexity index is 4650. The number of hydrogen-bond acceptors (Lipinski definition) is 10. The third kappa shape index (κ3) is 15.2. The summed E-state index contributed by atoms with van der Waals surface area (Å²) in [4.78, 5) is 61.9. The van der Waals surface area contributed by atoms with E-state index in [0.29, 0.717) is 152 Å². The Balaban J connectivity index is 0.000000126. The first-order chi connectivity index (χ1) is 63.5. The molecule has 20 fully saturated rings. The van der Waals surface area contributed by atoms with Gasteiger partial charge in [0.25, 0.3) is 0 Å². The van der Waals surface area contributed by atoms with E-state index in [1.54, 1.807) is 27.7 Å². The van der Waals surface area contributed by atoms with E-state index in [9.17, 15) is 49.5 Å². The molecule has 0 bridgehead atoms. The summed E-state index contributed by atoms with van der Waals surface area (Å²) in [6.07, 6.45) is 31.2. The molecule has 0 aromatic rings. The second kappa shape index (κ2) is 31.7. The molecule has 10 nitrogen and oxygen atoms in total. The Kier molecular flexibility index (Phi) is 18.5. The van der Waals surface area contributed by atoms with E-state index in [1.165, 1.54) is 39.0 Å². The number of carbonyl (C=O) groups is 5. The van der Waals surface area contributed by atoms with Gasteiger partial charge < -0.3 is 25.5 Å². The van der Waals surface area contributed by atoms with Crippen LogP contribution in [0.4, 0.5) is 0 Å². The van der Waals surface area contributed by atoms with Gasteiger partial charge in [-0.15, -0.1) is 0 Å². The Hall–Kier alpha value is -1.85. The summed E-state index contributed by atoms with van der Waals surface area (Å²) in [5.74, 6) is 5.92. The van der Waals surface area contributed by atoms with Crippen LogP contribution in [0, 0.1) is 202 Å². The number of ketones is 5. The van der Waals surface area contributed by atoms with Crippen LogP contribution >= 0.6 is 0 Å². The maximum absolute atomic E-state index is 12.6. The fourth-order valence-corrected chi connectivity index (χ4v) is 38.0. The highest BCUT2D eigenvalue weighted by molar-refractivity contribution is 5.81. The molecule has 20 saturated carbocycles. The minimum atomic E-state index is -2.37. The second-order valence-electron chi connectivity index (χ2n) is 50.1. The second-order valence-corrected chi connectivity index (χ2v) is 50.1. The van der Waals surface area contributed by atoms with Gasteiger partial charge in [-0.1, -0.05) is 69.2 Å². The van der Waals surface area contributed by atoms with Gasteiger partial charge in [-0.05, 0) is 530 Å². The van der Waals surface area contributed by atoms with Gasteiger partial charge in [0.05, 0.1) is 28.0 Å². The fourth-order valence-electron chi connectivity index (χ4n) is 38.0. The van der Waals surface area contributed by atoms with Crippen molar-refractivity contribution in [2.45, 2.75) is 455 Å². The number of hydrogen-bond donors (Lipinski definition) is 5. The van der Waals surface area contributed by atoms with Gasteiger partial charge >= 0.3 is 0 Å². The summed E-state index contributed by atoms with van der Waals surface area (Å²) in [6.45, 7) is 23.5. The van der Waals surface area contributed by atoms with E-state index in [2.05, 4.69) is 62.3 Å². The highest BCUT2D eigenvalue weighted by atomic mass is 16.3. The Morgan fingerprint density at radius 3 is 0.842 bits per heavy atom. The van der Waals surface area contributed by atoms with E-state index in [-0.39, 0.29) is 133 Å². The highest BCUT2D eigenvalue weighted by Gasteiger charge is 2.69. The van der Waals surface area contributed by atoms with Crippen molar-refractivity contribution in [3.8, 4) is 0 Å². The largest absolute Gasteiger partial charge is 0.390 e. The van der Waals surface area contributed by atoms with Crippen LogP contribution < -0.4 is 0 Å². The lowest BCUT2D eigenvalue weighted by atomic mass is 9.44. The molecule has 0 aromatic heterocycles. The van der Waals surface area contributed by atoms with Gasteiger partial charge in [-0.2, -0.15) is 0 Å². The fraction of sp³-hybridized carbons (Fsp3) is 0.955. The van der Waals surface area contributed by atoms with Crippen LogP contribution in [0.25, 0.3) is 0 Å². The smallest absolute Gasteiger partial charge is 0.133 e. The predicted molar refractivity (Wildman–Crippen MR) is 483 cm³/mol. The molecule has 0 saturated heterocycles. The van der Waals surface area contributed by atoms with Gasteiger partial charge in [-0.3, -0.25) is 24.0 Å². The zero-order valence-electron chi connectivity index (χ0n) is 96.8. The van der Waals surface area contributed by atoms with Crippen LogP contribution in [-0.4, -0.2) is 82.5 Å². The molecule has 20 aliphatic rings. The van der Waals surface area contributed by atoms with Crippen molar-refractivity contribution < 1.29 is 75.5 Å². The summed E-state index contributed by atoms with van der Waals surface area (Å²) in [6, 6.07) is 0. The minimum Gasteiger partial charge on any atom is -0.390 e. The molecular formula is C110H180O10. The first kappa shape index (κ1) is 70.0. The average Bonchev–Trinajstić information content (AvgIpc) is 1.52. The lowest BCUT2D eigenvalue weighted by Crippen LogP contribution is -2.55. The predicted octanol–water partition coefficient (Wildman–Crippen LogP) is 24.9. The minimum absolute atomic E-state index is 0.00273. The van der Waals surface area contributed by atoms with Crippen LogP contribution in [-0.2, 0) is 24.0 Å². The molecular weight excluding hydrogens is 1480 g/mol. The zero-order valence-corrected chi connectivity index (χ0v) is 77.8. The normalized spacial score (nSPS) is 62.4. The molecule has 0 aliphatic heterocycles. The number of carbonyl (C=O) groups excluding carboxylic acids is 5. The van der Waals surface area contributed by atoms with Crippen molar-refractivity contribution in [3.63, 3.8) is 0 Å². The summed E-state index contributed by atoms with van der Waals surface area (Å²) in [5, 5.41) is 54.0. The third-order valence-electron chi connectivity index (χ3n) is 44.6. The first-order valence-electron chi connectivity index (χ1n) is 59.6. The van der Waals surface area contributed by atoms with E-state index in [0.717, 1.165) is 166 Å². The standard InChI is InChI=1S/5C22H36O2/c5*1-14(23)17-7-8-18-16-6-5-15-13-20(2,24)11-12-21(15,3)19(16)9-10-22(17,18)4/h5*15-19,24H,5-13H2,1-4H3/t5*15-,16-,17+,18-,19-,20+,21-,22+/m00000/s1/i2D3,7D2,17D;2D3,7D2;2D3,7D;17D;2D3/t2m;7?,15-,16-,17+,18-,19-,20+,21-,22+;2m. The highest BCUT2D eigenvalue weighted by Crippen LogP contribution is 2.75. The first-order valence-corrected chi connectivity index (χ1v) is 50.1. The molecule has 20 aliphatic carbocycles. The van der Waals surface area contributed by atoms with Crippen LogP contribution in [0.3, 0.4) is 0 Å². The zero-order chi connectivity index (χ0) is 103. The molecule has 0 spiro atoms. The summed E-state index contributed by atoms with van der Waals surface area (Å²) >= 11 is 0. The van der Waals surface area contributed by atoms with Crippen LogP contribution in [0.5, 0.6) is 0 Å². The summed E-state index contributed by atoms with van der Waals surface area (Å²) < 4.78 is 155. The maximum atomic E-state index is 12.6. The van der Waals surface area contributed by atoms with E-state index in [1.807, 2.05) is 13.8 Å². The van der Waals surface area contributed by atoms with Crippen molar-refractivity contribution in [1.29, 1.82) is 0 Å². The number of aliphatic hydroxyl groups is 5. The molecule has 0 aromatic carbocycles. The molecule has 0 heterocycles. The van der Waals surface area contributed by atoms with E-state index < -0.39 is 91.3 Å². The Labute approximate surface area is 758 Å². The monoisotopic (exact) mass is 1680 g/mol. The summed E-state index contributed by atoms with van der Waals surface area (Å²) in [5.41, 5.74) is -7.11. The number of fused-ring (bicyclic) bond motifs is 25. The van der Waals surface area contributed by atoms with Crippen LogP contribution in [0.2, 0.25) is 0 Å². The molecule has 1 unspecified atom stereocenters. The molecule has 120 heavy (non-hydrogen) atoms. The Morgan fingerprint density at radius 2 is 0.500 bits per heavy atom. The van der Waals surface area contributed by atoms with Gasteiger partial charge in [0, 0.05) is 55.6 Å². The lowest BCUT2D eigenvalue weighted by Gasteiger charge is -2.61. The quantitative estimate of drug-likeness (QED) is 0.177. The molecule has 20 rings (SSSR count). The van der Waals surface area contributed by atoms with Crippen molar-refractivity contribution >= 4 is 28.9 Å². The van der Waals surface area contributed by atoms with Gasteiger partial charge in [0.2, 0.25) is 0 Å². The van der Waals surface area contributed by atoms with Crippen LogP contribution in [0.15, 0.2) is 0 Å². The summed E-state index contributed by atoms with van der Waals surface area (Å²) in [7, 11) is 0. The Morgan fingerprint density at radius 1 is 0.242 bits per heavy atom.